The zero-order chi connectivity index (χ0) is 22.6. The molecular formula is C21H30F2N4O4. The number of hydrogen-bond donors (Lipinski definition) is 1. The summed E-state index contributed by atoms with van der Waals surface area (Å²) < 4.78 is 37.1. The molecular weight excluding hydrogens is 410 g/mol. The van der Waals surface area contributed by atoms with Gasteiger partial charge in [-0.1, -0.05) is 13.8 Å². The highest BCUT2D eigenvalue weighted by molar-refractivity contribution is 5.92. The van der Waals surface area contributed by atoms with Crippen LogP contribution >= 0.6 is 0 Å². The summed E-state index contributed by atoms with van der Waals surface area (Å²) in [5.41, 5.74) is 0.0420. The van der Waals surface area contributed by atoms with E-state index in [-0.39, 0.29) is 35.8 Å². The Morgan fingerprint density at radius 1 is 1.32 bits per heavy atom. The van der Waals surface area contributed by atoms with Crippen molar-refractivity contribution in [3.63, 3.8) is 0 Å². The number of nitrogens with zero attached hydrogens (tertiary/aromatic N) is 3. The fourth-order valence-corrected chi connectivity index (χ4v) is 3.45. The molecule has 1 atom stereocenters. The van der Waals surface area contributed by atoms with Crippen molar-refractivity contribution in [1.29, 1.82) is 0 Å². The van der Waals surface area contributed by atoms with E-state index in [1.807, 2.05) is 13.8 Å². The number of carbonyl (C=O) groups excluding carboxylic acids is 2. The molecule has 2 aliphatic rings. The van der Waals surface area contributed by atoms with E-state index in [1.165, 1.54) is 18.2 Å². The number of carbonyl (C=O) groups is 2. The van der Waals surface area contributed by atoms with E-state index in [4.69, 9.17) is 9.47 Å². The minimum Gasteiger partial charge on any atom is -0.475 e. The Bertz CT molecular complexity index is 794. The van der Waals surface area contributed by atoms with E-state index in [1.54, 1.807) is 0 Å². The van der Waals surface area contributed by atoms with E-state index in [0.29, 0.717) is 31.3 Å². The van der Waals surface area contributed by atoms with Crippen molar-refractivity contribution in [3.8, 4) is 5.88 Å². The topological polar surface area (TPSA) is 93.6 Å². The van der Waals surface area contributed by atoms with Gasteiger partial charge >= 0.3 is 5.97 Å². The third kappa shape index (κ3) is 6.48. The first-order chi connectivity index (χ1) is 14.7. The molecule has 1 N–H and O–H groups in total. The van der Waals surface area contributed by atoms with Crippen LogP contribution in [-0.2, 0) is 9.53 Å². The number of hydrogen-bond acceptors (Lipinski definition) is 7. The van der Waals surface area contributed by atoms with Gasteiger partial charge in [0.25, 0.3) is 17.7 Å². The summed E-state index contributed by atoms with van der Waals surface area (Å²) in [4.78, 5) is 34.3. The van der Waals surface area contributed by atoms with E-state index < -0.39 is 24.9 Å². The minimum atomic E-state index is -2.75. The SMILES string of the molecule is COC(=O)[C@H](CCNC(=O)c1cnc(N2CC(F)(F)C2)c(OCC2CC2)n1)CC(C)C. The lowest BCUT2D eigenvalue weighted by Gasteiger charge is -2.39. The Hall–Kier alpha value is -2.52. The number of alkyl halides is 2. The smallest absolute Gasteiger partial charge is 0.308 e. The number of nitrogens with one attached hydrogen (secondary N) is 1. The normalized spacial score (nSPS) is 18.3. The molecule has 0 bridgehead atoms. The summed E-state index contributed by atoms with van der Waals surface area (Å²) in [6, 6.07) is 0. The van der Waals surface area contributed by atoms with Crippen molar-refractivity contribution >= 4 is 17.7 Å². The Morgan fingerprint density at radius 2 is 2.03 bits per heavy atom. The van der Waals surface area contributed by atoms with Crippen molar-refractivity contribution in [2.45, 2.75) is 45.5 Å². The van der Waals surface area contributed by atoms with Gasteiger partial charge in [-0.15, -0.1) is 0 Å². The molecule has 2 heterocycles. The highest BCUT2D eigenvalue weighted by Crippen LogP contribution is 2.36. The Kier molecular flexibility index (Phi) is 7.27. The second kappa shape index (κ2) is 9.74. The van der Waals surface area contributed by atoms with E-state index in [2.05, 4.69) is 15.3 Å². The molecule has 0 spiro atoms. The molecule has 31 heavy (non-hydrogen) atoms. The number of ether oxygens (including phenoxy) is 2. The fraction of sp³-hybridized carbons (Fsp3) is 0.714. The molecule has 2 fully saturated rings. The monoisotopic (exact) mass is 440 g/mol. The van der Waals surface area contributed by atoms with E-state index >= 15 is 0 Å². The zero-order valence-electron chi connectivity index (χ0n) is 18.2. The van der Waals surface area contributed by atoms with Crippen molar-refractivity contribution in [1.82, 2.24) is 15.3 Å². The number of aromatic nitrogens is 2. The van der Waals surface area contributed by atoms with Gasteiger partial charge in [-0.2, -0.15) is 0 Å². The highest BCUT2D eigenvalue weighted by atomic mass is 19.3. The molecule has 0 aromatic carbocycles. The van der Waals surface area contributed by atoms with Gasteiger partial charge in [0.2, 0.25) is 0 Å². The fourth-order valence-electron chi connectivity index (χ4n) is 3.45. The molecule has 1 aromatic rings. The summed E-state index contributed by atoms with van der Waals surface area (Å²) in [5, 5.41) is 2.74. The standard InChI is InChI=1S/C21H30F2N4O4/c1-13(2)8-15(20(29)30-3)6-7-24-18(28)16-9-25-17(27-11-21(22,23)12-27)19(26-16)31-10-14-4-5-14/h9,13-15H,4-8,10-12H2,1-3H3,(H,24,28)/t15-/m1/s1. The Labute approximate surface area is 180 Å². The Morgan fingerprint density at radius 3 is 2.61 bits per heavy atom. The molecule has 0 unspecified atom stereocenters. The molecule has 10 heteroatoms. The van der Waals surface area contributed by atoms with Crippen molar-refractivity contribution in [3.05, 3.63) is 11.9 Å². The second-order valence-corrected chi connectivity index (χ2v) is 8.74. The lowest BCUT2D eigenvalue weighted by atomic mass is 9.94. The van der Waals surface area contributed by atoms with Crippen LogP contribution in [0, 0.1) is 17.8 Å². The van der Waals surface area contributed by atoms with Crippen LogP contribution in [0.15, 0.2) is 6.20 Å². The number of amides is 1. The van der Waals surface area contributed by atoms with Gasteiger partial charge in [-0.05, 0) is 37.5 Å². The first kappa shape index (κ1) is 23.1. The summed E-state index contributed by atoms with van der Waals surface area (Å²) in [6.45, 7) is 3.83. The third-order valence-electron chi connectivity index (χ3n) is 5.32. The predicted octanol–water partition coefficient (Wildman–Crippen LogP) is 2.68. The quantitative estimate of drug-likeness (QED) is 0.529. The number of rotatable bonds is 11. The predicted molar refractivity (Wildman–Crippen MR) is 109 cm³/mol. The number of esters is 1. The van der Waals surface area contributed by atoms with Crippen molar-refractivity contribution < 1.29 is 27.8 Å². The molecule has 172 valence electrons. The van der Waals surface area contributed by atoms with Crippen LogP contribution in [0.1, 0.15) is 50.0 Å². The molecule has 8 nitrogen and oxygen atoms in total. The maximum Gasteiger partial charge on any atom is 0.308 e. The second-order valence-electron chi connectivity index (χ2n) is 8.74. The van der Waals surface area contributed by atoms with Crippen LogP contribution in [0.4, 0.5) is 14.6 Å². The highest BCUT2D eigenvalue weighted by Gasteiger charge is 2.46. The molecule has 1 aliphatic heterocycles. The van der Waals surface area contributed by atoms with Crippen LogP contribution in [0.2, 0.25) is 0 Å². The number of halogens is 2. The van der Waals surface area contributed by atoms with Crippen LogP contribution in [-0.4, -0.2) is 61.1 Å². The maximum absolute atomic E-state index is 13.3. The van der Waals surface area contributed by atoms with Crippen LogP contribution in [0.5, 0.6) is 5.88 Å². The van der Waals surface area contributed by atoms with Gasteiger partial charge in [0.1, 0.15) is 0 Å². The van der Waals surface area contributed by atoms with Gasteiger partial charge in [0.05, 0.1) is 38.9 Å². The molecule has 1 aliphatic carbocycles. The lowest BCUT2D eigenvalue weighted by Crippen LogP contribution is -2.56. The first-order valence-electron chi connectivity index (χ1n) is 10.7. The zero-order valence-corrected chi connectivity index (χ0v) is 18.2. The average molecular weight is 440 g/mol. The largest absolute Gasteiger partial charge is 0.475 e. The minimum absolute atomic E-state index is 0.0420. The summed E-state index contributed by atoms with van der Waals surface area (Å²) in [5.74, 6) is -2.74. The van der Waals surface area contributed by atoms with Gasteiger partial charge in [0, 0.05) is 6.54 Å². The van der Waals surface area contributed by atoms with E-state index in [9.17, 15) is 18.4 Å². The number of anilines is 1. The van der Waals surface area contributed by atoms with Crippen LogP contribution in [0.25, 0.3) is 0 Å². The van der Waals surface area contributed by atoms with Crippen molar-refractivity contribution in [2.75, 3.05) is 38.3 Å². The van der Waals surface area contributed by atoms with Gasteiger partial charge in [-0.3, -0.25) is 9.59 Å². The number of methoxy groups -OCH3 is 1. The summed E-state index contributed by atoms with van der Waals surface area (Å²) >= 11 is 0. The summed E-state index contributed by atoms with van der Waals surface area (Å²) in [7, 11) is 1.35. The van der Waals surface area contributed by atoms with Crippen molar-refractivity contribution in [2.24, 2.45) is 17.8 Å². The van der Waals surface area contributed by atoms with Gasteiger partial charge < -0.3 is 19.7 Å². The molecule has 1 saturated heterocycles. The maximum atomic E-state index is 13.3. The molecule has 1 saturated carbocycles. The molecule has 1 aromatic heterocycles. The third-order valence-corrected chi connectivity index (χ3v) is 5.32. The molecule has 0 radical (unpaired) electrons. The molecule has 3 rings (SSSR count). The van der Waals surface area contributed by atoms with Gasteiger partial charge in [-0.25, -0.2) is 18.7 Å². The molecule has 1 amide bonds. The average Bonchev–Trinajstić information content (AvgIpc) is 3.53. The summed E-state index contributed by atoms with van der Waals surface area (Å²) in [6.07, 6.45) is 4.48. The Balaban J connectivity index is 1.61. The van der Waals surface area contributed by atoms with Crippen LogP contribution < -0.4 is 15.0 Å². The first-order valence-corrected chi connectivity index (χ1v) is 10.7. The van der Waals surface area contributed by atoms with E-state index in [0.717, 1.165) is 12.8 Å². The van der Waals surface area contributed by atoms with Crippen LogP contribution in [0.3, 0.4) is 0 Å². The van der Waals surface area contributed by atoms with Gasteiger partial charge in [0.15, 0.2) is 11.5 Å². The lowest BCUT2D eigenvalue weighted by molar-refractivity contribution is -0.146.